The van der Waals surface area contributed by atoms with Gasteiger partial charge in [-0.2, -0.15) is 9.78 Å². The summed E-state index contributed by atoms with van der Waals surface area (Å²) in [4.78, 5) is 24.7. The van der Waals surface area contributed by atoms with Crippen LogP contribution in [0.25, 0.3) is 5.69 Å². The third-order valence-electron chi connectivity index (χ3n) is 4.93. The van der Waals surface area contributed by atoms with E-state index in [4.69, 9.17) is 4.74 Å². The molecule has 166 valence electrons. The molecule has 0 saturated carbocycles. The highest BCUT2D eigenvalue weighted by molar-refractivity contribution is 5.92. The molecule has 4 aromatic rings. The van der Waals surface area contributed by atoms with Crippen molar-refractivity contribution in [2.45, 2.75) is 19.8 Å². The summed E-state index contributed by atoms with van der Waals surface area (Å²) in [5, 5.41) is 6.93. The summed E-state index contributed by atoms with van der Waals surface area (Å²) < 4.78 is 20.0. The van der Waals surface area contributed by atoms with Crippen molar-refractivity contribution < 1.29 is 13.9 Å². The number of carbonyl (C=O) groups is 1. The van der Waals surface area contributed by atoms with Crippen molar-refractivity contribution in [1.82, 2.24) is 15.1 Å². The van der Waals surface area contributed by atoms with Crippen molar-refractivity contribution >= 4 is 5.91 Å². The van der Waals surface area contributed by atoms with Crippen molar-refractivity contribution in [1.29, 1.82) is 0 Å². The number of ether oxygens (including phenoxy) is 1. The molecule has 0 spiro atoms. The maximum atomic E-state index is 13.2. The van der Waals surface area contributed by atoms with Gasteiger partial charge in [-0.1, -0.05) is 54.6 Å². The maximum Gasteiger partial charge on any atom is 0.272 e. The van der Waals surface area contributed by atoms with Gasteiger partial charge >= 0.3 is 0 Å². The molecule has 33 heavy (non-hydrogen) atoms. The molecule has 0 bridgehead atoms. The van der Waals surface area contributed by atoms with Crippen LogP contribution in [0.4, 0.5) is 4.39 Å². The van der Waals surface area contributed by atoms with Gasteiger partial charge in [-0.25, -0.2) is 4.39 Å². The quantitative estimate of drug-likeness (QED) is 0.447. The maximum absolute atomic E-state index is 13.2. The van der Waals surface area contributed by atoms with E-state index in [1.54, 1.807) is 0 Å². The Morgan fingerprint density at radius 3 is 2.33 bits per heavy atom. The number of amides is 1. The van der Waals surface area contributed by atoms with Gasteiger partial charge in [0.15, 0.2) is 0 Å². The molecule has 1 aromatic heterocycles. The third kappa shape index (κ3) is 5.99. The average Bonchev–Trinajstić information content (AvgIpc) is 2.84. The van der Waals surface area contributed by atoms with Gasteiger partial charge in [0.25, 0.3) is 11.5 Å². The number of carbonyl (C=O) groups excluding carboxylic acids is 1. The normalized spacial score (nSPS) is 10.7. The van der Waals surface area contributed by atoms with Crippen molar-refractivity contribution in [2.75, 3.05) is 0 Å². The zero-order valence-electron chi connectivity index (χ0n) is 17.8. The van der Waals surface area contributed by atoms with Crippen LogP contribution in [-0.2, 0) is 24.5 Å². The Labute approximate surface area is 190 Å². The summed E-state index contributed by atoms with van der Waals surface area (Å²) in [6, 6.07) is 25.6. The fourth-order valence-corrected chi connectivity index (χ4v) is 3.26. The number of halogens is 1. The van der Waals surface area contributed by atoms with Crippen molar-refractivity contribution in [3.63, 3.8) is 0 Å². The minimum Gasteiger partial charge on any atom is -0.372 e. The largest absolute Gasteiger partial charge is 0.372 e. The Kier molecular flexibility index (Phi) is 7.02. The first-order valence-corrected chi connectivity index (χ1v) is 10.4. The van der Waals surface area contributed by atoms with E-state index in [0.717, 1.165) is 21.4 Å². The summed E-state index contributed by atoms with van der Waals surface area (Å²) in [7, 11) is 0. The molecule has 0 unspecified atom stereocenters. The minimum absolute atomic E-state index is 0.0845. The number of rotatable bonds is 8. The molecule has 0 fully saturated rings. The molecule has 0 atom stereocenters. The van der Waals surface area contributed by atoms with E-state index >= 15 is 0 Å². The summed E-state index contributed by atoms with van der Waals surface area (Å²) in [5.41, 5.74) is 3.06. The third-order valence-corrected chi connectivity index (χ3v) is 4.93. The molecule has 3 aromatic carbocycles. The number of nitrogens with zero attached hydrogens (tertiary/aromatic N) is 2. The van der Waals surface area contributed by atoms with E-state index in [0.29, 0.717) is 25.4 Å². The number of hydrogen-bond donors (Lipinski definition) is 1. The molecule has 0 saturated heterocycles. The highest BCUT2D eigenvalue weighted by atomic mass is 19.1. The van der Waals surface area contributed by atoms with E-state index in [1.165, 1.54) is 36.4 Å². The Bertz CT molecular complexity index is 1290. The van der Waals surface area contributed by atoms with Crippen molar-refractivity contribution in [3.05, 3.63) is 130 Å². The Balaban J connectivity index is 1.37. The Morgan fingerprint density at radius 1 is 0.848 bits per heavy atom. The molecule has 6 nitrogen and oxygen atoms in total. The average molecular weight is 443 g/mol. The lowest BCUT2D eigenvalue weighted by Gasteiger charge is -2.09. The van der Waals surface area contributed by atoms with Crippen LogP contribution in [0.2, 0.25) is 0 Å². The van der Waals surface area contributed by atoms with Crippen LogP contribution in [0.5, 0.6) is 0 Å². The van der Waals surface area contributed by atoms with Gasteiger partial charge in [0.2, 0.25) is 0 Å². The monoisotopic (exact) mass is 443 g/mol. The van der Waals surface area contributed by atoms with Crippen LogP contribution in [0.1, 0.15) is 27.2 Å². The lowest BCUT2D eigenvalue weighted by atomic mass is 10.1. The molecule has 0 aliphatic rings. The van der Waals surface area contributed by atoms with Crippen LogP contribution < -0.4 is 10.9 Å². The molecular formula is C26H22FN3O3. The molecule has 4 rings (SSSR count). The standard InChI is InChI=1S/C26H22FN3O3/c27-22-9-11-23(12-10-22)30-25(31)14-13-24(29-30)26(32)28-16-20-7-4-8-21(15-20)18-33-17-19-5-2-1-3-6-19/h1-15H,16-18H2,(H,28,32). The highest BCUT2D eigenvalue weighted by Crippen LogP contribution is 2.10. The highest BCUT2D eigenvalue weighted by Gasteiger charge is 2.11. The molecule has 0 radical (unpaired) electrons. The first-order valence-electron chi connectivity index (χ1n) is 10.4. The molecule has 1 N–H and O–H groups in total. The van der Waals surface area contributed by atoms with E-state index in [9.17, 15) is 14.0 Å². The van der Waals surface area contributed by atoms with Gasteiger partial charge in [-0.15, -0.1) is 0 Å². The molecule has 0 aliphatic heterocycles. The van der Waals surface area contributed by atoms with Crippen molar-refractivity contribution in [2.24, 2.45) is 0 Å². The van der Waals surface area contributed by atoms with Crippen molar-refractivity contribution in [3.8, 4) is 5.69 Å². The lowest BCUT2D eigenvalue weighted by Crippen LogP contribution is -2.28. The van der Waals surface area contributed by atoms with Gasteiger partial charge in [0, 0.05) is 12.6 Å². The van der Waals surface area contributed by atoms with Crippen LogP contribution in [0.3, 0.4) is 0 Å². The van der Waals surface area contributed by atoms with Crippen LogP contribution >= 0.6 is 0 Å². The van der Waals surface area contributed by atoms with Gasteiger partial charge in [0.1, 0.15) is 11.5 Å². The molecule has 0 aliphatic carbocycles. The van der Waals surface area contributed by atoms with Gasteiger partial charge in [-0.05, 0) is 47.0 Å². The van der Waals surface area contributed by atoms with Crippen LogP contribution in [0.15, 0.2) is 95.8 Å². The summed E-state index contributed by atoms with van der Waals surface area (Å²) in [6.07, 6.45) is 0. The smallest absolute Gasteiger partial charge is 0.272 e. The molecule has 7 heteroatoms. The van der Waals surface area contributed by atoms with E-state index in [-0.39, 0.29) is 5.69 Å². The molecule has 1 heterocycles. The zero-order chi connectivity index (χ0) is 23.0. The second kappa shape index (κ2) is 10.5. The van der Waals surface area contributed by atoms with E-state index in [2.05, 4.69) is 10.4 Å². The number of aromatic nitrogens is 2. The lowest BCUT2D eigenvalue weighted by molar-refractivity contribution is 0.0944. The summed E-state index contributed by atoms with van der Waals surface area (Å²) >= 11 is 0. The molecule has 1 amide bonds. The van der Waals surface area contributed by atoms with Gasteiger partial charge in [-0.3, -0.25) is 9.59 Å². The van der Waals surface area contributed by atoms with E-state index in [1.807, 2.05) is 54.6 Å². The summed E-state index contributed by atoms with van der Waals surface area (Å²) in [6.45, 7) is 1.28. The van der Waals surface area contributed by atoms with E-state index < -0.39 is 17.3 Å². The first-order chi connectivity index (χ1) is 16.1. The number of nitrogens with one attached hydrogen (secondary N) is 1. The Hall–Kier alpha value is -4.10. The fourth-order valence-electron chi connectivity index (χ4n) is 3.26. The Morgan fingerprint density at radius 2 is 1.55 bits per heavy atom. The SMILES string of the molecule is O=C(NCc1cccc(COCc2ccccc2)c1)c1ccc(=O)n(-c2ccc(F)cc2)n1. The zero-order valence-corrected chi connectivity index (χ0v) is 17.8. The molecular weight excluding hydrogens is 421 g/mol. The second-order valence-electron chi connectivity index (χ2n) is 7.43. The second-order valence-corrected chi connectivity index (χ2v) is 7.43. The fraction of sp³-hybridized carbons (Fsp3) is 0.115. The van der Waals surface area contributed by atoms with Gasteiger partial charge < -0.3 is 10.1 Å². The number of hydrogen-bond acceptors (Lipinski definition) is 4. The van der Waals surface area contributed by atoms with Gasteiger partial charge in [0.05, 0.1) is 18.9 Å². The first kappa shape index (κ1) is 22.1. The van der Waals surface area contributed by atoms with Crippen LogP contribution in [-0.4, -0.2) is 15.7 Å². The minimum atomic E-state index is -0.423. The van der Waals surface area contributed by atoms with Crippen LogP contribution in [0, 0.1) is 5.82 Å². The topological polar surface area (TPSA) is 73.2 Å². The number of benzene rings is 3. The predicted octanol–water partition coefficient (Wildman–Crippen LogP) is 4.02. The summed E-state index contributed by atoms with van der Waals surface area (Å²) in [5.74, 6) is -0.843. The predicted molar refractivity (Wildman–Crippen MR) is 122 cm³/mol.